The molecule has 0 aliphatic rings. The van der Waals surface area contributed by atoms with Crippen LogP contribution in [0.2, 0.25) is 0 Å². The molecule has 0 heterocycles. The highest BCUT2D eigenvalue weighted by atomic mass is 16.6. The van der Waals surface area contributed by atoms with Crippen molar-refractivity contribution in [2.45, 2.75) is 88.9 Å². The molecule has 0 saturated carbocycles. The van der Waals surface area contributed by atoms with Gasteiger partial charge in [-0.15, -0.1) is 0 Å². The van der Waals surface area contributed by atoms with E-state index in [9.17, 15) is 9.59 Å². The van der Waals surface area contributed by atoms with Crippen LogP contribution in [0.15, 0.2) is 182 Å². The normalized spacial score (nSPS) is 13.6. The summed E-state index contributed by atoms with van der Waals surface area (Å²) in [6.45, 7) is 9.94. The van der Waals surface area contributed by atoms with E-state index in [1.807, 2.05) is 38.1 Å². The molecule has 4 unspecified atom stereocenters. The van der Waals surface area contributed by atoms with Crippen LogP contribution in [-0.4, -0.2) is 51.6 Å². The molecule has 66 heavy (non-hydrogen) atoms. The summed E-state index contributed by atoms with van der Waals surface area (Å²) in [4.78, 5) is 27.2. The molecule has 0 aliphatic heterocycles. The SMILES string of the molecule is CCC(CC(CC(C)C(=O)OCCOCCOCCOC(=O)C(C)CC(CC(CC)c1ccccc1)(c1ccccc1)c1ccccc1)(c1ccccc1)c1ccccc1)c1ccccc1. The van der Waals surface area contributed by atoms with Gasteiger partial charge in [0.15, 0.2) is 0 Å². The van der Waals surface area contributed by atoms with E-state index < -0.39 is 10.8 Å². The Morgan fingerprint density at radius 1 is 0.379 bits per heavy atom. The maximum Gasteiger partial charge on any atom is 0.308 e. The van der Waals surface area contributed by atoms with Crippen LogP contribution in [0.1, 0.15) is 111 Å². The number of benzene rings is 6. The van der Waals surface area contributed by atoms with Gasteiger partial charge in [-0.05, 0) is 83.7 Å². The lowest BCUT2D eigenvalue weighted by atomic mass is 9.63. The van der Waals surface area contributed by atoms with E-state index in [2.05, 4.69) is 172 Å². The van der Waals surface area contributed by atoms with Crippen LogP contribution in [-0.2, 0) is 39.4 Å². The van der Waals surface area contributed by atoms with Crippen molar-refractivity contribution in [2.24, 2.45) is 11.8 Å². The van der Waals surface area contributed by atoms with E-state index in [4.69, 9.17) is 18.9 Å². The Kier molecular flexibility index (Phi) is 19.4. The summed E-state index contributed by atoms with van der Waals surface area (Å²) in [6.07, 6.45) is 4.90. The fraction of sp³-hybridized carbons (Fsp3) is 0.367. The lowest BCUT2D eigenvalue weighted by Gasteiger charge is -2.40. The van der Waals surface area contributed by atoms with Crippen molar-refractivity contribution >= 4 is 11.9 Å². The highest BCUT2D eigenvalue weighted by molar-refractivity contribution is 5.73. The first-order chi connectivity index (χ1) is 32.3. The second-order valence-electron chi connectivity index (χ2n) is 17.8. The molecular formula is C60H70O6. The molecule has 0 aromatic heterocycles. The Bertz CT molecular complexity index is 2020. The zero-order valence-electron chi connectivity index (χ0n) is 39.6. The van der Waals surface area contributed by atoms with E-state index in [0.29, 0.717) is 37.9 Å². The number of ether oxygens (including phenoxy) is 4. The molecule has 0 amide bonds. The van der Waals surface area contributed by atoms with E-state index in [1.54, 1.807) is 0 Å². The molecular weight excluding hydrogens is 817 g/mol. The first kappa shape index (κ1) is 49.6. The van der Waals surface area contributed by atoms with Crippen molar-refractivity contribution < 1.29 is 28.5 Å². The van der Waals surface area contributed by atoms with Gasteiger partial charge in [-0.3, -0.25) is 9.59 Å². The third-order valence-electron chi connectivity index (χ3n) is 13.5. The predicted molar refractivity (Wildman–Crippen MR) is 267 cm³/mol. The second-order valence-corrected chi connectivity index (χ2v) is 17.8. The quantitative estimate of drug-likeness (QED) is 0.0379. The van der Waals surface area contributed by atoms with E-state index in [0.717, 1.165) is 25.7 Å². The van der Waals surface area contributed by atoms with E-state index >= 15 is 0 Å². The Labute approximate surface area is 394 Å². The van der Waals surface area contributed by atoms with Crippen LogP contribution in [0.5, 0.6) is 0 Å². The lowest BCUT2D eigenvalue weighted by Crippen LogP contribution is -2.35. The van der Waals surface area contributed by atoms with E-state index in [1.165, 1.54) is 33.4 Å². The summed E-state index contributed by atoms with van der Waals surface area (Å²) in [5, 5.41) is 0. The topological polar surface area (TPSA) is 71.1 Å². The molecule has 0 fully saturated rings. The molecule has 0 N–H and O–H groups in total. The average molecular weight is 887 g/mol. The summed E-state index contributed by atoms with van der Waals surface area (Å²) in [5.74, 6) is -0.584. The average Bonchev–Trinajstić information content (AvgIpc) is 3.38. The zero-order chi connectivity index (χ0) is 46.5. The second kappa shape index (κ2) is 25.8. The fourth-order valence-electron chi connectivity index (χ4n) is 9.98. The van der Waals surface area contributed by atoms with Crippen LogP contribution in [0.25, 0.3) is 0 Å². The van der Waals surface area contributed by atoms with Crippen LogP contribution < -0.4 is 0 Å². The summed E-state index contributed by atoms with van der Waals surface area (Å²) in [5.41, 5.74) is 6.60. The van der Waals surface area contributed by atoms with Gasteiger partial charge in [0.1, 0.15) is 13.2 Å². The van der Waals surface area contributed by atoms with Crippen molar-refractivity contribution in [3.8, 4) is 0 Å². The fourth-order valence-corrected chi connectivity index (χ4v) is 9.98. The van der Waals surface area contributed by atoms with Crippen LogP contribution in [0.3, 0.4) is 0 Å². The van der Waals surface area contributed by atoms with Crippen LogP contribution in [0, 0.1) is 11.8 Å². The van der Waals surface area contributed by atoms with Gasteiger partial charge in [-0.2, -0.15) is 0 Å². The van der Waals surface area contributed by atoms with Gasteiger partial charge in [0.25, 0.3) is 0 Å². The molecule has 346 valence electrons. The number of hydrogen-bond donors (Lipinski definition) is 0. The molecule has 6 aromatic carbocycles. The largest absolute Gasteiger partial charge is 0.463 e. The third kappa shape index (κ3) is 13.4. The molecule has 0 aliphatic carbocycles. The Balaban J connectivity index is 0.970. The molecule has 0 radical (unpaired) electrons. The monoisotopic (exact) mass is 887 g/mol. The number of carbonyl (C=O) groups is 2. The first-order valence-corrected chi connectivity index (χ1v) is 24.1. The minimum atomic E-state index is -0.409. The predicted octanol–water partition coefficient (Wildman–Crippen LogP) is 13.3. The number of carbonyl (C=O) groups excluding carboxylic acids is 2. The van der Waals surface area contributed by atoms with Crippen LogP contribution in [0.4, 0.5) is 0 Å². The molecule has 0 bridgehead atoms. The Morgan fingerprint density at radius 3 is 0.909 bits per heavy atom. The molecule has 6 aromatic rings. The highest BCUT2D eigenvalue weighted by Gasteiger charge is 2.41. The molecule has 0 spiro atoms. The molecule has 0 saturated heterocycles. The third-order valence-corrected chi connectivity index (χ3v) is 13.5. The van der Waals surface area contributed by atoms with Gasteiger partial charge in [0.05, 0.1) is 38.3 Å². The van der Waals surface area contributed by atoms with Crippen molar-refractivity contribution in [3.63, 3.8) is 0 Å². The maximum atomic E-state index is 13.6. The van der Waals surface area contributed by atoms with Gasteiger partial charge in [-0.25, -0.2) is 0 Å². The maximum absolute atomic E-state index is 13.6. The Hall–Kier alpha value is -5.82. The molecule has 6 rings (SSSR count). The first-order valence-electron chi connectivity index (χ1n) is 24.1. The number of esters is 2. The lowest BCUT2D eigenvalue weighted by molar-refractivity contribution is -0.151. The molecule has 6 heteroatoms. The minimum Gasteiger partial charge on any atom is -0.463 e. The standard InChI is InChI=1S/C60H70O6/c1-5-49(51-25-13-7-14-26-51)45-59(53-29-17-9-18-30-53,54-31-19-10-20-32-54)43-47(3)57(61)65-41-39-63-37-38-64-40-42-66-58(62)48(4)44-60(55-33-21-11-22-34-55,56-35-23-12-24-36-56)46-50(6-2)52-27-15-8-16-28-52/h7-36,47-50H,5-6,37-46H2,1-4H3. The van der Waals surface area contributed by atoms with Crippen LogP contribution >= 0.6 is 0 Å². The minimum absolute atomic E-state index is 0.155. The van der Waals surface area contributed by atoms with Crippen molar-refractivity contribution in [3.05, 3.63) is 215 Å². The molecule has 6 nitrogen and oxygen atoms in total. The van der Waals surface area contributed by atoms with Crippen molar-refractivity contribution in [1.29, 1.82) is 0 Å². The summed E-state index contributed by atoms with van der Waals surface area (Å²) < 4.78 is 23.2. The number of hydrogen-bond acceptors (Lipinski definition) is 6. The van der Waals surface area contributed by atoms with Gasteiger partial charge in [-0.1, -0.05) is 210 Å². The summed E-state index contributed by atoms with van der Waals surface area (Å²) in [7, 11) is 0. The smallest absolute Gasteiger partial charge is 0.308 e. The van der Waals surface area contributed by atoms with E-state index in [-0.39, 0.29) is 50.2 Å². The van der Waals surface area contributed by atoms with Gasteiger partial charge < -0.3 is 18.9 Å². The summed E-state index contributed by atoms with van der Waals surface area (Å²) >= 11 is 0. The molecule has 4 atom stereocenters. The highest BCUT2D eigenvalue weighted by Crippen LogP contribution is 2.48. The van der Waals surface area contributed by atoms with Gasteiger partial charge in [0, 0.05) is 10.8 Å². The zero-order valence-corrected chi connectivity index (χ0v) is 39.6. The van der Waals surface area contributed by atoms with Crippen molar-refractivity contribution in [2.75, 3.05) is 39.6 Å². The van der Waals surface area contributed by atoms with Crippen molar-refractivity contribution in [1.82, 2.24) is 0 Å². The van der Waals surface area contributed by atoms with Gasteiger partial charge in [0.2, 0.25) is 0 Å². The summed E-state index contributed by atoms with van der Waals surface area (Å²) in [6, 6.07) is 63.9. The Morgan fingerprint density at radius 2 is 0.636 bits per heavy atom. The van der Waals surface area contributed by atoms with Gasteiger partial charge >= 0.3 is 11.9 Å². The number of rotatable bonds is 27.